The molecule has 1 saturated heterocycles. The molecule has 0 aromatic heterocycles. The van der Waals surface area contributed by atoms with Crippen LogP contribution in [0.5, 0.6) is 0 Å². The number of nitrogens with one attached hydrogen (secondary N) is 2. The first-order chi connectivity index (χ1) is 4.18. The highest BCUT2D eigenvalue weighted by atomic mass is 32.1. The minimum Gasteiger partial charge on any atom is -0.341 e. The molecule has 2 atom stereocenters. The zero-order valence-electron chi connectivity index (χ0n) is 5.22. The maximum atomic E-state index is 10.7. The first-order valence-corrected chi connectivity index (χ1v) is 3.43. The van der Waals surface area contributed by atoms with E-state index in [1.54, 1.807) is 0 Å². The Bertz CT molecular complexity index is 116. The summed E-state index contributed by atoms with van der Waals surface area (Å²) >= 11 is 4.11. The molecule has 1 heterocycles. The molecule has 2 N–H and O–H groups in total. The van der Waals surface area contributed by atoms with Gasteiger partial charge in [0.15, 0.2) is 0 Å². The molecule has 9 heavy (non-hydrogen) atoms. The number of hydrogen-bond donors (Lipinski definition) is 3. The van der Waals surface area contributed by atoms with Gasteiger partial charge in [0, 0.05) is 0 Å². The van der Waals surface area contributed by atoms with Gasteiger partial charge in [-0.05, 0) is 6.92 Å². The van der Waals surface area contributed by atoms with Crippen LogP contribution in [-0.2, 0) is 4.79 Å². The summed E-state index contributed by atoms with van der Waals surface area (Å²) in [6.45, 7) is 1.89. The third kappa shape index (κ3) is 1.87. The van der Waals surface area contributed by atoms with Crippen LogP contribution in [0, 0.1) is 0 Å². The zero-order valence-corrected chi connectivity index (χ0v) is 6.11. The van der Waals surface area contributed by atoms with Gasteiger partial charge in [-0.25, -0.2) is 0 Å². The van der Waals surface area contributed by atoms with Crippen LogP contribution in [0.1, 0.15) is 13.3 Å². The molecule has 1 amide bonds. The van der Waals surface area contributed by atoms with Crippen molar-refractivity contribution in [2.24, 2.45) is 0 Å². The molecule has 0 spiro atoms. The van der Waals surface area contributed by atoms with Crippen molar-refractivity contribution in [2.75, 3.05) is 0 Å². The van der Waals surface area contributed by atoms with Crippen LogP contribution in [0.3, 0.4) is 0 Å². The van der Waals surface area contributed by atoms with Gasteiger partial charge >= 0.3 is 0 Å². The second kappa shape index (κ2) is 2.58. The van der Waals surface area contributed by atoms with Crippen LogP contribution < -0.4 is 10.6 Å². The Morgan fingerprint density at radius 3 is 2.89 bits per heavy atom. The monoisotopic (exact) mass is 146 g/mol. The van der Waals surface area contributed by atoms with Gasteiger partial charge in [-0.1, -0.05) is 0 Å². The van der Waals surface area contributed by atoms with Crippen molar-refractivity contribution in [3.63, 3.8) is 0 Å². The van der Waals surface area contributed by atoms with E-state index >= 15 is 0 Å². The summed E-state index contributed by atoms with van der Waals surface area (Å²) in [4.78, 5) is 10.7. The number of hydrogen-bond acceptors (Lipinski definition) is 3. The first kappa shape index (κ1) is 6.89. The maximum Gasteiger partial charge on any atom is 0.223 e. The Morgan fingerprint density at radius 2 is 2.44 bits per heavy atom. The van der Waals surface area contributed by atoms with Gasteiger partial charge in [0.25, 0.3) is 0 Å². The van der Waals surface area contributed by atoms with Crippen molar-refractivity contribution in [1.82, 2.24) is 10.6 Å². The molecule has 2 unspecified atom stereocenters. The summed E-state index contributed by atoms with van der Waals surface area (Å²) in [6, 6.07) is 0. The highest BCUT2D eigenvalue weighted by Crippen LogP contribution is 2.02. The third-order valence-corrected chi connectivity index (χ3v) is 1.53. The molecular weight excluding hydrogens is 136 g/mol. The average Bonchev–Trinajstić information content (AvgIpc) is 1.59. The lowest BCUT2D eigenvalue weighted by Gasteiger charge is -2.25. The van der Waals surface area contributed by atoms with Gasteiger partial charge < -0.3 is 5.32 Å². The predicted octanol–water partition coefficient (Wildman–Crippen LogP) is -0.302. The second-order valence-electron chi connectivity index (χ2n) is 2.18. The quantitative estimate of drug-likeness (QED) is 0.411. The highest BCUT2D eigenvalue weighted by Gasteiger charge is 2.18. The minimum atomic E-state index is 0.0220. The molecule has 1 rings (SSSR count). The van der Waals surface area contributed by atoms with Crippen LogP contribution in [0.4, 0.5) is 0 Å². The molecule has 4 heteroatoms. The van der Waals surface area contributed by atoms with E-state index in [1.165, 1.54) is 0 Å². The number of rotatable bonds is 0. The summed E-state index contributed by atoms with van der Waals surface area (Å²) in [6.07, 6.45) is 0.529. The van der Waals surface area contributed by atoms with Gasteiger partial charge in [-0.2, -0.15) is 12.6 Å². The van der Waals surface area contributed by atoms with E-state index < -0.39 is 0 Å². The Morgan fingerprint density at radius 1 is 1.78 bits per heavy atom. The molecule has 3 nitrogen and oxygen atoms in total. The van der Waals surface area contributed by atoms with Crippen LogP contribution in [0.25, 0.3) is 0 Å². The molecule has 0 aromatic rings. The van der Waals surface area contributed by atoms with E-state index in [1.807, 2.05) is 6.92 Å². The Labute approximate surface area is 59.6 Å². The van der Waals surface area contributed by atoms with Gasteiger partial charge in [0.05, 0.1) is 18.0 Å². The first-order valence-electron chi connectivity index (χ1n) is 2.92. The third-order valence-electron chi connectivity index (χ3n) is 1.20. The van der Waals surface area contributed by atoms with E-state index in [9.17, 15) is 4.79 Å². The highest BCUT2D eigenvalue weighted by molar-refractivity contribution is 7.80. The Hall–Kier alpha value is -0.220. The minimum absolute atomic E-state index is 0.0220. The van der Waals surface area contributed by atoms with E-state index in [4.69, 9.17) is 0 Å². The van der Waals surface area contributed by atoms with Crippen molar-refractivity contribution in [2.45, 2.75) is 24.9 Å². The summed E-state index contributed by atoms with van der Waals surface area (Å²) < 4.78 is 0. The number of amides is 1. The van der Waals surface area contributed by atoms with E-state index in [-0.39, 0.29) is 17.4 Å². The number of carbonyl (C=O) groups is 1. The normalized spacial score (nSPS) is 36.0. The molecule has 0 aliphatic carbocycles. The zero-order chi connectivity index (χ0) is 6.85. The standard InChI is InChI=1S/C5H10N2OS/c1-3-6-4(8)2-5(9)7-3/h3,5,7,9H,2H2,1H3,(H,6,8). The van der Waals surface area contributed by atoms with E-state index in [0.717, 1.165) is 0 Å². The summed E-state index contributed by atoms with van der Waals surface area (Å²) in [5, 5.41) is 5.77. The van der Waals surface area contributed by atoms with Crippen LogP contribution in [-0.4, -0.2) is 17.4 Å². The summed E-state index contributed by atoms with van der Waals surface area (Å²) in [5.41, 5.74) is 0. The van der Waals surface area contributed by atoms with Crippen LogP contribution >= 0.6 is 12.6 Å². The molecule has 1 aliphatic rings. The molecule has 0 bridgehead atoms. The lowest BCUT2D eigenvalue weighted by atomic mass is 10.3. The SMILES string of the molecule is CC1NC(=O)CC(S)N1. The van der Waals surface area contributed by atoms with Gasteiger partial charge in [-0.15, -0.1) is 0 Å². The average molecular weight is 146 g/mol. The lowest BCUT2D eigenvalue weighted by molar-refractivity contribution is -0.123. The Balaban J connectivity index is 2.43. The predicted molar refractivity (Wildman–Crippen MR) is 38.1 cm³/mol. The topological polar surface area (TPSA) is 41.1 Å². The van der Waals surface area contributed by atoms with Gasteiger partial charge in [-0.3, -0.25) is 10.1 Å². The summed E-state index contributed by atoms with van der Waals surface area (Å²) in [7, 11) is 0. The molecule has 1 fully saturated rings. The van der Waals surface area contributed by atoms with Gasteiger partial charge in [0.1, 0.15) is 0 Å². The smallest absolute Gasteiger partial charge is 0.223 e. The van der Waals surface area contributed by atoms with Crippen molar-refractivity contribution in [3.05, 3.63) is 0 Å². The van der Waals surface area contributed by atoms with E-state index in [2.05, 4.69) is 23.3 Å². The number of carbonyl (C=O) groups excluding carboxylic acids is 1. The van der Waals surface area contributed by atoms with Crippen molar-refractivity contribution in [1.29, 1.82) is 0 Å². The molecule has 52 valence electrons. The molecule has 0 radical (unpaired) electrons. The Kier molecular flexibility index (Phi) is 1.97. The molecule has 0 aromatic carbocycles. The van der Waals surface area contributed by atoms with Crippen LogP contribution in [0.2, 0.25) is 0 Å². The fraction of sp³-hybridized carbons (Fsp3) is 0.800. The summed E-state index contributed by atoms with van der Waals surface area (Å²) in [5.74, 6) is 0.0706. The van der Waals surface area contributed by atoms with Crippen LogP contribution in [0.15, 0.2) is 0 Å². The van der Waals surface area contributed by atoms with E-state index in [0.29, 0.717) is 6.42 Å². The fourth-order valence-electron chi connectivity index (χ4n) is 0.865. The van der Waals surface area contributed by atoms with Crippen molar-refractivity contribution >= 4 is 18.5 Å². The van der Waals surface area contributed by atoms with Crippen molar-refractivity contribution in [3.8, 4) is 0 Å². The van der Waals surface area contributed by atoms with Gasteiger partial charge in [0.2, 0.25) is 5.91 Å². The molecule has 0 saturated carbocycles. The fourth-order valence-corrected chi connectivity index (χ4v) is 1.25. The molecule has 1 aliphatic heterocycles. The second-order valence-corrected chi connectivity index (χ2v) is 2.80. The maximum absolute atomic E-state index is 10.7. The number of thiol groups is 1. The van der Waals surface area contributed by atoms with Crippen molar-refractivity contribution < 1.29 is 4.79 Å². The lowest BCUT2D eigenvalue weighted by Crippen LogP contribution is -2.52. The molecular formula is C5H10N2OS. The largest absolute Gasteiger partial charge is 0.341 e.